The average molecular weight is 301 g/mol. The van der Waals surface area contributed by atoms with Crippen LogP contribution in [-0.4, -0.2) is 10.8 Å². The van der Waals surface area contributed by atoms with Crippen molar-refractivity contribution in [3.8, 4) is 0 Å². The Morgan fingerprint density at radius 3 is 2.50 bits per heavy atom. The minimum atomic E-state index is -0.0438. The Morgan fingerprint density at radius 1 is 1.06 bits per heavy atom. The van der Waals surface area contributed by atoms with E-state index in [9.17, 15) is 4.79 Å². The number of aromatic nitrogens is 1. The van der Waals surface area contributed by atoms with E-state index in [-0.39, 0.29) is 12.2 Å². The van der Waals surface area contributed by atoms with Crippen molar-refractivity contribution in [3.05, 3.63) is 62.9 Å². The van der Waals surface area contributed by atoms with Crippen molar-refractivity contribution in [2.45, 2.75) is 6.42 Å². The lowest BCUT2D eigenvalue weighted by molar-refractivity contribution is 0.0993. The number of carbonyl (C=O) groups is 1. The number of Topliss-reactive ketones (excluding diaryl/α,β-unsaturated/α-hetero) is 1. The molecule has 0 amide bonds. The molecule has 0 aliphatic heterocycles. The van der Waals surface area contributed by atoms with Crippen LogP contribution in [0.1, 0.15) is 15.9 Å². The molecule has 0 aliphatic rings. The van der Waals surface area contributed by atoms with Crippen LogP contribution < -0.4 is 0 Å². The summed E-state index contributed by atoms with van der Waals surface area (Å²) >= 11 is 17.4. The van der Waals surface area contributed by atoms with Gasteiger partial charge >= 0.3 is 0 Å². The fourth-order valence-corrected chi connectivity index (χ4v) is 2.01. The highest BCUT2D eigenvalue weighted by Crippen LogP contribution is 2.23. The van der Waals surface area contributed by atoms with Gasteiger partial charge in [-0.2, -0.15) is 0 Å². The van der Waals surface area contributed by atoms with Crippen molar-refractivity contribution in [1.82, 2.24) is 4.98 Å². The number of halogens is 3. The van der Waals surface area contributed by atoms with Crippen molar-refractivity contribution in [1.29, 1.82) is 0 Å². The van der Waals surface area contributed by atoms with Gasteiger partial charge in [-0.1, -0.05) is 40.9 Å². The minimum absolute atomic E-state index is 0.0438. The molecule has 92 valence electrons. The lowest BCUT2D eigenvalue weighted by Crippen LogP contribution is -2.03. The first kappa shape index (κ1) is 13.3. The molecule has 2 aromatic rings. The molecule has 0 aliphatic carbocycles. The maximum atomic E-state index is 12.0. The summed E-state index contributed by atoms with van der Waals surface area (Å²) in [6, 6.07) is 8.30. The number of ketones is 1. The lowest BCUT2D eigenvalue weighted by Gasteiger charge is -2.03. The monoisotopic (exact) mass is 299 g/mol. The third-order valence-electron chi connectivity index (χ3n) is 2.40. The van der Waals surface area contributed by atoms with E-state index in [2.05, 4.69) is 4.98 Å². The number of carbonyl (C=O) groups excluding carboxylic acids is 1. The molecule has 0 unspecified atom stereocenters. The molecule has 0 atom stereocenters. The maximum absolute atomic E-state index is 12.0. The summed E-state index contributed by atoms with van der Waals surface area (Å²) in [6.07, 6.45) is 1.75. The van der Waals surface area contributed by atoms with Gasteiger partial charge in [-0.05, 0) is 29.8 Å². The molecule has 0 N–H and O–H groups in total. The predicted molar refractivity (Wildman–Crippen MR) is 73.7 cm³/mol. The van der Waals surface area contributed by atoms with Gasteiger partial charge in [0.1, 0.15) is 5.15 Å². The quantitative estimate of drug-likeness (QED) is 0.618. The molecule has 1 heterocycles. The summed E-state index contributed by atoms with van der Waals surface area (Å²) in [5, 5.41) is 1.21. The molecule has 18 heavy (non-hydrogen) atoms. The molecule has 1 aromatic heterocycles. The average Bonchev–Trinajstić information content (AvgIpc) is 2.34. The standard InChI is InChI=1S/C13H8Cl3NO/c14-10-2-1-8(5-11(10)15)6-12(18)9-3-4-17-13(16)7-9/h1-5,7H,6H2. The minimum Gasteiger partial charge on any atom is -0.294 e. The fraction of sp³-hybridized carbons (Fsp3) is 0.0769. The number of hydrogen-bond donors (Lipinski definition) is 0. The Morgan fingerprint density at radius 2 is 1.83 bits per heavy atom. The molecule has 5 heteroatoms. The SMILES string of the molecule is O=C(Cc1ccc(Cl)c(Cl)c1)c1ccnc(Cl)c1. The third-order valence-corrected chi connectivity index (χ3v) is 3.34. The van der Waals surface area contributed by atoms with Crippen molar-refractivity contribution >= 4 is 40.6 Å². The van der Waals surface area contributed by atoms with Crippen LogP contribution in [0.2, 0.25) is 15.2 Å². The van der Waals surface area contributed by atoms with Gasteiger partial charge in [-0.3, -0.25) is 4.79 Å². The molecular formula is C13H8Cl3NO. The van der Waals surface area contributed by atoms with Crippen LogP contribution in [-0.2, 0) is 6.42 Å². The van der Waals surface area contributed by atoms with Crippen LogP contribution >= 0.6 is 34.8 Å². The van der Waals surface area contributed by atoms with Crippen molar-refractivity contribution in [2.75, 3.05) is 0 Å². The molecule has 0 radical (unpaired) electrons. The Balaban J connectivity index is 2.18. The Kier molecular flexibility index (Phi) is 4.23. The Bertz CT molecular complexity index is 599. The predicted octanol–water partition coefficient (Wildman–Crippen LogP) is 4.47. The van der Waals surface area contributed by atoms with Gasteiger partial charge in [0.25, 0.3) is 0 Å². The first-order chi connectivity index (χ1) is 8.56. The van der Waals surface area contributed by atoms with E-state index in [1.54, 1.807) is 30.3 Å². The summed E-state index contributed by atoms with van der Waals surface area (Å²) in [5.74, 6) is -0.0438. The Hall–Kier alpha value is -1.09. The Labute approximate surface area is 120 Å². The summed E-state index contributed by atoms with van der Waals surface area (Å²) in [4.78, 5) is 15.8. The third kappa shape index (κ3) is 3.22. The first-order valence-corrected chi connectivity index (χ1v) is 6.28. The first-order valence-electron chi connectivity index (χ1n) is 5.15. The number of rotatable bonds is 3. The van der Waals surface area contributed by atoms with Gasteiger partial charge in [0.05, 0.1) is 10.0 Å². The van der Waals surface area contributed by atoms with Gasteiger partial charge in [-0.25, -0.2) is 4.98 Å². The molecule has 0 fully saturated rings. The van der Waals surface area contributed by atoms with Crippen LogP contribution in [0.3, 0.4) is 0 Å². The van der Waals surface area contributed by atoms with Crippen LogP contribution in [0.4, 0.5) is 0 Å². The van der Waals surface area contributed by atoms with Crippen LogP contribution in [0, 0.1) is 0 Å². The zero-order chi connectivity index (χ0) is 13.1. The van der Waals surface area contributed by atoms with E-state index in [0.29, 0.717) is 20.8 Å². The largest absolute Gasteiger partial charge is 0.294 e. The summed E-state index contributed by atoms with van der Waals surface area (Å²) in [6.45, 7) is 0. The highest BCUT2D eigenvalue weighted by molar-refractivity contribution is 6.42. The van der Waals surface area contributed by atoms with Crippen molar-refractivity contribution in [3.63, 3.8) is 0 Å². The number of pyridine rings is 1. The summed E-state index contributed by atoms with van der Waals surface area (Å²) < 4.78 is 0. The van der Waals surface area contributed by atoms with Gasteiger partial charge in [0, 0.05) is 18.2 Å². The van der Waals surface area contributed by atoms with Gasteiger partial charge in [-0.15, -0.1) is 0 Å². The van der Waals surface area contributed by atoms with E-state index < -0.39 is 0 Å². The van der Waals surface area contributed by atoms with E-state index in [0.717, 1.165) is 5.56 Å². The zero-order valence-corrected chi connectivity index (χ0v) is 11.4. The summed E-state index contributed by atoms with van der Waals surface area (Å²) in [7, 11) is 0. The van der Waals surface area contributed by atoms with Crippen LogP contribution in [0.5, 0.6) is 0 Å². The topological polar surface area (TPSA) is 30.0 Å². The summed E-state index contributed by atoms with van der Waals surface area (Å²) in [5.41, 5.74) is 1.34. The van der Waals surface area contributed by atoms with Gasteiger partial charge < -0.3 is 0 Å². The fourth-order valence-electron chi connectivity index (χ4n) is 1.51. The van der Waals surface area contributed by atoms with Crippen molar-refractivity contribution in [2.24, 2.45) is 0 Å². The zero-order valence-electron chi connectivity index (χ0n) is 9.16. The number of nitrogens with zero attached hydrogens (tertiary/aromatic N) is 1. The second-order valence-electron chi connectivity index (χ2n) is 3.72. The van der Waals surface area contributed by atoms with E-state index in [1.807, 2.05) is 0 Å². The number of hydrogen-bond acceptors (Lipinski definition) is 2. The lowest BCUT2D eigenvalue weighted by atomic mass is 10.0. The van der Waals surface area contributed by atoms with E-state index in [1.165, 1.54) is 6.20 Å². The molecule has 1 aromatic carbocycles. The van der Waals surface area contributed by atoms with E-state index >= 15 is 0 Å². The molecular weight excluding hydrogens is 293 g/mol. The molecule has 2 rings (SSSR count). The molecule has 0 spiro atoms. The van der Waals surface area contributed by atoms with Crippen LogP contribution in [0.25, 0.3) is 0 Å². The second kappa shape index (κ2) is 5.70. The van der Waals surface area contributed by atoms with Crippen molar-refractivity contribution < 1.29 is 4.79 Å². The molecule has 0 bridgehead atoms. The van der Waals surface area contributed by atoms with E-state index in [4.69, 9.17) is 34.8 Å². The highest BCUT2D eigenvalue weighted by atomic mass is 35.5. The highest BCUT2D eigenvalue weighted by Gasteiger charge is 2.09. The van der Waals surface area contributed by atoms with Gasteiger partial charge in [0.2, 0.25) is 0 Å². The second-order valence-corrected chi connectivity index (χ2v) is 4.92. The van der Waals surface area contributed by atoms with Gasteiger partial charge in [0.15, 0.2) is 5.78 Å². The molecule has 0 saturated heterocycles. The van der Waals surface area contributed by atoms with Crippen LogP contribution in [0.15, 0.2) is 36.5 Å². The normalized spacial score (nSPS) is 10.4. The number of benzene rings is 1. The smallest absolute Gasteiger partial charge is 0.167 e. The molecule has 2 nitrogen and oxygen atoms in total. The maximum Gasteiger partial charge on any atom is 0.167 e. The molecule has 0 saturated carbocycles.